The van der Waals surface area contributed by atoms with Crippen molar-refractivity contribution in [2.24, 2.45) is 0 Å². The molecule has 1 aromatic carbocycles. The molecule has 5 heteroatoms. The number of methoxy groups -OCH3 is 1. The fourth-order valence-corrected chi connectivity index (χ4v) is 2.55. The maximum absolute atomic E-state index is 11.7. The Kier molecular flexibility index (Phi) is 3.24. The van der Waals surface area contributed by atoms with Crippen LogP contribution in [0.1, 0.15) is 18.3 Å². The van der Waals surface area contributed by atoms with Gasteiger partial charge in [-0.2, -0.15) is 0 Å². The van der Waals surface area contributed by atoms with Crippen LogP contribution in [0.15, 0.2) is 42.0 Å². The van der Waals surface area contributed by atoms with Crippen molar-refractivity contribution in [2.45, 2.75) is 31.0 Å². The third-order valence-corrected chi connectivity index (χ3v) is 3.56. The fraction of sp³-hybridized carbons (Fsp3) is 0.400. The lowest BCUT2D eigenvalue weighted by molar-refractivity contribution is -0.137. The summed E-state index contributed by atoms with van der Waals surface area (Å²) in [6.45, 7) is 0. The number of carbonyl (C=O) groups is 1. The summed E-state index contributed by atoms with van der Waals surface area (Å²) >= 11 is 0. The van der Waals surface area contributed by atoms with Gasteiger partial charge in [-0.3, -0.25) is 0 Å². The quantitative estimate of drug-likeness (QED) is 0.845. The maximum atomic E-state index is 11.7. The molecular weight excluding hydrogens is 260 g/mol. The molecular formula is C15H16O5. The van der Waals surface area contributed by atoms with Crippen LogP contribution in [-0.4, -0.2) is 37.9 Å². The largest absolute Gasteiger partial charge is 0.466 e. The molecule has 1 heterocycles. The molecule has 5 nitrogen and oxygen atoms in total. The Morgan fingerprint density at radius 1 is 1.40 bits per heavy atom. The maximum Gasteiger partial charge on any atom is 0.333 e. The molecule has 1 aliphatic carbocycles. The van der Waals surface area contributed by atoms with E-state index in [4.69, 9.17) is 20.8 Å². The highest BCUT2D eigenvalue weighted by molar-refractivity contribution is 5.88. The van der Waals surface area contributed by atoms with E-state index in [1.165, 1.54) is 7.11 Å². The number of fused-ring (bicyclic) bond motifs is 1. The first-order valence-corrected chi connectivity index (χ1v) is 6.49. The van der Waals surface area contributed by atoms with E-state index in [9.17, 15) is 4.79 Å². The Hall–Kier alpha value is -1.69. The number of hydrogen-bond donors (Lipinski definition) is 1. The van der Waals surface area contributed by atoms with E-state index in [-0.39, 0.29) is 6.42 Å². The molecule has 106 valence electrons. The summed E-state index contributed by atoms with van der Waals surface area (Å²) in [6, 6.07) is 9.53. The standard InChI is InChI=1S/C15H16O5/c1-18-14(17)10-7-11(16)13-12(8-10)19-15(20-13)9-5-3-2-4-6-9/h2-6,8,11-13,15-16H,7H2,1H3/t11-,12-,13+,15?/m1/s1/i16T. The fourth-order valence-electron chi connectivity index (χ4n) is 2.55. The molecule has 0 amide bonds. The minimum Gasteiger partial charge on any atom is -0.466 e. The van der Waals surface area contributed by atoms with Crippen LogP contribution in [0.5, 0.6) is 0 Å². The molecule has 0 aromatic heterocycles. The van der Waals surface area contributed by atoms with Crippen LogP contribution >= 0.6 is 0 Å². The van der Waals surface area contributed by atoms with Crippen molar-refractivity contribution in [2.75, 3.05) is 7.11 Å². The summed E-state index contributed by atoms with van der Waals surface area (Å²) in [5.41, 5.74) is 1.34. The lowest BCUT2D eigenvalue weighted by atomic mass is 9.92. The zero-order valence-corrected chi connectivity index (χ0v) is 11.0. The van der Waals surface area contributed by atoms with Crippen molar-refractivity contribution < 1.29 is 24.1 Å². The van der Waals surface area contributed by atoms with Gasteiger partial charge in [-0.15, -0.1) is 0 Å². The molecule has 1 saturated heterocycles. The average molecular weight is 278 g/mol. The van der Waals surface area contributed by atoms with Gasteiger partial charge >= 0.3 is 5.97 Å². The predicted octanol–water partition coefficient (Wildman–Crippen LogP) is 1.33. The van der Waals surface area contributed by atoms with Crippen LogP contribution in [-0.2, 0) is 19.0 Å². The lowest BCUT2D eigenvalue weighted by Crippen LogP contribution is -2.39. The van der Waals surface area contributed by atoms with Crippen molar-refractivity contribution >= 4 is 5.97 Å². The molecule has 2 aliphatic rings. The number of carbonyl (C=O) groups excluding carboxylic acids is 1. The monoisotopic (exact) mass is 278 g/mol. The van der Waals surface area contributed by atoms with Gasteiger partial charge in [-0.05, 0) is 6.08 Å². The first kappa shape index (κ1) is 12.1. The van der Waals surface area contributed by atoms with Gasteiger partial charge in [0.25, 0.3) is 0 Å². The molecule has 1 fully saturated rings. The molecule has 1 aliphatic heterocycles. The summed E-state index contributed by atoms with van der Waals surface area (Å²) in [6.07, 6.45) is 0.0846. The number of esters is 1. The Morgan fingerprint density at radius 2 is 2.20 bits per heavy atom. The number of hydrogen-bond acceptors (Lipinski definition) is 5. The van der Waals surface area contributed by atoms with Crippen molar-refractivity contribution in [1.82, 2.24) is 0 Å². The topological polar surface area (TPSA) is 65.0 Å². The van der Waals surface area contributed by atoms with E-state index in [0.717, 1.165) is 5.56 Å². The van der Waals surface area contributed by atoms with Gasteiger partial charge in [0.1, 0.15) is 12.2 Å². The summed E-state index contributed by atoms with van der Waals surface area (Å²) in [4.78, 5) is 11.7. The number of ether oxygens (including phenoxy) is 3. The van der Waals surface area contributed by atoms with Crippen molar-refractivity contribution in [3.05, 3.63) is 47.5 Å². The normalized spacial score (nSPS) is 33.0. The van der Waals surface area contributed by atoms with E-state index in [1.54, 1.807) is 6.08 Å². The molecule has 4 atom stereocenters. The van der Waals surface area contributed by atoms with Crippen molar-refractivity contribution in [3.8, 4) is 0 Å². The molecule has 0 saturated carbocycles. The Balaban J connectivity index is 1.83. The van der Waals surface area contributed by atoms with Gasteiger partial charge in [-0.1, -0.05) is 30.3 Å². The zero-order chi connectivity index (χ0) is 14.8. The van der Waals surface area contributed by atoms with Crippen molar-refractivity contribution in [1.29, 1.82) is 1.43 Å². The van der Waals surface area contributed by atoms with Gasteiger partial charge in [0.2, 0.25) is 1.43 Å². The molecule has 1 unspecified atom stereocenters. The summed E-state index contributed by atoms with van der Waals surface area (Å²) in [5.74, 6) is -0.428. The van der Waals surface area contributed by atoms with Crippen LogP contribution in [0.25, 0.3) is 0 Å². The number of benzene rings is 1. The summed E-state index contributed by atoms with van der Waals surface area (Å²) in [5, 5.41) is 4.71. The minimum atomic E-state index is -0.553. The van der Waals surface area contributed by atoms with E-state index < -0.39 is 30.6 Å². The Bertz CT molecular complexity index is 544. The minimum absolute atomic E-state index is 0.280. The number of aliphatic hydroxyl groups is 1. The highest BCUT2D eigenvalue weighted by Crippen LogP contribution is 2.37. The van der Waals surface area contributed by atoms with Crippen LogP contribution in [0.3, 0.4) is 0 Å². The second kappa shape index (κ2) is 5.36. The first-order valence-electron chi connectivity index (χ1n) is 6.90. The predicted molar refractivity (Wildman–Crippen MR) is 69.7 cm³/mol. The third kappa shape index (κ3) is 2.35. The van der Waals surface area contributed by atoms with Crippen LogP contribution in [0, 0.1) is 0 Å². The first-order chi connectivity index (χ1) is 10.2. The van der Waals surface area contributed by atoms with Gasteiger partial charge in [0, 0.05) is 17.6 Å². The smallest absolute Gasteiger partial charge is 0.333 e. The Morgan fingerprint density at radius 3 is 2.90 bits per heavy atom. The highest BCUT2D eigenvalue weighted by Gasteiger charge is 2.44. The number of rotatable bonds is 3. The second-order valence-electron chi connectivity index (χ2n) is 4.87. The summed E-state index contributed by atoms with van der Waals surface area (Å²) < 4.78 is 23.6. The van der Waals surface area contributed by atoms with Gasteiger partial charge in [-0.25, -0.2) is 4.79 Å². The van der Waals surface area contributed by atoms with Gasteiger partial charge in [0.15, 0.2) is 6.29 Å². The third-order valence-electron chi connectivity index (χ3n) is 3.56. The molecule has 0 spiro atoms. The Labute approximate surface area is 118 Å². The zero-order valence-electron chi connectivity index (χ0n) is 12.0. The average Bonchev–Trinajstić information content (AvgIpc) is 2.98. The molecule has 3 rings (SSSR count). The van der Waals surface area contributed by atoms with Crippen molar-refractivity contribution in [3.63, 3.8) is 0 Å². The van der Waals surface area contributed by atoms with E-state index >= 15 is 0 Å². The molecule has 0 bridgehead atoms. The molecule has 1 aromatic rings. The van der Waals surface area contributed by atoms with E-state index in [1.807, 2.05) is 30.3 Å². The lowest BCUT2D eigenvalue weighted by Gasteiger charge is -2.25. The van der Waals surface area contributed by atoms with E-state index in [0.29, 0.717) is 5.57 Å². The SMILES string of the molecule is [3H]O[C@@H]1CC(C(=O)OC)=C[C@H]2OC(c3ccccc3)O[C@H]21. The molecule has 20 heavy (non-hydrogen) atoms. The molecule has 1 N–H and O–H groups in total. The summed E-state index contributed by atoms with van der Waals surface area (Å²) in [7, 11) is 1.32. The van der Waals surface area contributed by atoms with Crippen LogP contribution < -0.4 is 0 Å². The number of aliphatic hydroxyl groups excluding tert-OH is 1. The van der Waals surface area contributed by atoms with Crippen LogP contribution in [0.4, 0.5) is 0 Å². The van der Waals surface area contributed by atoms with Crippen LogP contribution in [0.2, 0.25) is 0 Å². The highest BCUT2D eigenvalue weighted by atomic mass is 16.7. The van der Waals surface area contributed by atoms with E-state index in [2.05, 4.69) is 0 Å². The van der Waals surface area contributed by atoms with Gasteiger partial charge < -0.3 is 19.3 Å². The van der Waals surface area contributed by atoms with Gasteiger partial charge in [0.05, 0.1) is 13.2 Å². The second-order valence-corrected chi connectivity index (χ2v) is 4.87. The molecule has 0 radical (unpaired) electrons.